The molecule has 0 aliphatic heterocycles. The predicted molar refractivity (Wildman–Crippen MR) is 65.1 cm³/mol. The molecule has 102 valence electrons. The summed E-state index contributed by atoms with van der Waals surface area (Å²) in [5.41, 5.74) is 15.3. The standard InChI is InChI=1S/C11H13FN4O3/c12-7-1-6(2-8(13)3-7)11(19)16(4-9(14)17)5-10(15)18/h1-3H,4-5,13H2,(H2,14,17)(H2,15,18). The van der Waals surface area contributed by atoms with E-state index in [2.05, 4.69) is 0 Å². The summed E-state index contributed by atoms with van der Waals surface area (Å²) in [6.45, 7) is -1.00. The summed E-state index contributed by atoms with van der Waals surface area (Å²) in [4.78, 5) is 34.5. The van der Waals surface area contributed by atoms with Gasteiger partial charge in [0.2, 0.25) is 11.8 Å². The van der Waals surface area contributed by atoms with Crippen molar-refractivity contribution < 1.29 is 18.8 Å². The number of amides is 3. The molecule has 0 aromatic heterocycles. The Labute approximate surface area is 108 Å². The lowest BCUT2D eigenvalue weighted by atomic mass is 10.1. The monoisotopic (exact) mass is 268 g/mol. The van der Waals surface area contributed by atoms with Crippen LogP contribution in [0, 0.1) is 5.82 Å². The van der Waals surface area contributed by atoms with Crippen LogP contribution in [0.1, 0.15) is 10.4 Å². The topological polar surface area (TPSA) is 133 Å². The number of carbonyl (C=O) groups excluding carboxylic acids is 3. The Morgan fingerprint density at radius 3 is 2.00 bits per heavy atom. The van der Waals surface area contributed by atoms with Crippen molar-refractivity contribution in [2.75, 3.05) is 18.8 Å². The second-order valence-corrected chi connectivity index (χ2v) is 3.87. The largest absolute Gasteiger partial charge is 0.399 e. The lowest BCUT2D eigenvalue weighted by molar-refractivity contribution is -0.121. The number of benzene rings is 1. The number of primary amides is 2. The van der Waals surface area contributed by atoms with Crippen molar-refractivity contribution in [2.24, 2.45) is 11.5 Å². The average Bonchev–Trinajstić information content (AvgIpc) is 2.24. The molecule has 8 heteroatoms. The number of nitrogens with two attached hydrogens (primary N) is 3. The third-order valence-corrected chi connectivity index (χ3v) is 2.15. The molecule has 1 aromatic rings. The Balaban J connectivity index is 3.03. The fourth-order valence-corrected chi connectivity index (χ4v) is 1.49. The van der Waals surface area contributed by atoms with Crippen LogP contribution in [0.2, 0.25) is 0 Å². The molecule has 0 saturated heterocycles. The number of anilines is 1. The van der Waals surface area contributed by atoms with E-state index in [1.807, 2.05) is 0 Å². The molecule has 7 nitrogen and oxygen atoms in total. The van der Waals surface area contributed by atoms with Crippen molar-refractivity contribution in [3.8, 4) is 0 Å². The first-order chi connectivity index (χ1) is 8.79. The van der Waals surface area contributed by atoms with Gasteiger partial charge in [-0.3, -0.25) is 14.4 Å². The van der Waals surface area contributed by atoms with Gasteiger partial charge in [0.05, 0.1) is 0 Å². The van der Waals surface area contributed by atoms with E-state index in [4.69, 9.17) is 17.2 Å². The molecule has 19 heavy (non-hydrogen) atoms. The fourth-order valence-electron chi connectivity index (χ4n) is 1.49. The van der Waals surface area contributed by atoms with E-state index in [9.17, 15) is 18.8 Å². The number of carbonyl (C=O) groups is 3. The number of hydrogen-bond donors (Lipinski definition) is 3. The quantitative estimate of drug-likeness (QED) is 0.580. The molecule has 0 aliphatic carbocycles. The number of hydrogen-bond acceptors (Lipinski definition) is 4. The van der Waals surface area contributed by atoms with Gasteiger partial charge < -0.3 is 22.1 Å². The van der Waals surface area contributed by atoms with Gasteiger partial charge in [-0.1, -0.05) is 0 Å². The number of nitrogens with zero attached hydrogens (tertiary/aromatic N) is 1. The maximum absolute atomic E-state index is 13.1. The van der Waals surface area contributed by atoms with E-state index < -0.39 is 36.6 Å². The predicted octanol–water partition coefficient (Wildman–Crippen LogP) is -1.18. The Morgan fingerprint density at radius 2 is 1.58 bits per heavy atom. The van der Waals surface area contributed by atoms with Gasteiger partial charge in [-0.05, 0) is 18.2 Å². The van der Waals surface area contributed by atoms with E-state index >= 15 is 0 Å². The van der Waals surface area contributed by atoms with Gasteiger partial charge in [-0.2, -0.15) is 0 Å². The first-order valence-electron chi connectivity index (χ1n) is 5.21. The van der Waals surface area contributed by atoms with Crippen LogP contribution in [0.5, 0.6) is 0 Å². The average molecular weight is 268 g/mol. The summed E-state index contributed by atoms with van der Waals surface area (Å²) in [6, 6.07) is 3.19. The Kier molecular flexibility index (Phi) is 4.41. The molecule has 1 rings (SSSR count). The third-order valence-electron chi connectivity index (χ3n) is 2.15. The van der Waals surface area contributed by atoms with Crippen LogP contribution >= 0.6 is 0 Å². The van der Waals surface area contributed by atoms with Crippen molar-refractivity contribution in [2.45, 2.75) is 0 Å². The molecule has 0 radical (unpaired) electrons. The second kappa shape index (κ2) is 5.80. The van der Waals surface area contributed by atoms with Crippen LogP contribution in [0.3, 0.4) is 0 Å². The minimum Gasteiger partial charge on any atom is -0.399 e. The summed E-state index contributed by atoms with van der Waals surface area (Å²) in [7, 11) is 0. The van der Waals surface area contributed by atoms with E-state index in [1.165, 1.54) is 6.07 Å². The molecular weight excluding hydrogens is 255 g/mol. The zero-order valence-corrected chi connectivity index (χ0v) is 9.93. The molecule has 0 unspecified atom stereocenters. The molecule has 0 fully saturated rings. The molecule has 0 aliphatic rings. The van der Waals surface area contributed by atoms with E-state index in [0.29, 0.717) is 0 Å². The molecule has 0 bridgehead atoms. The highest BCUT2D eigenvalue weighted by Gasteiger charge is 2.20. The molecule has 0 atom stereocenters. The lowest BCUT2D eigenvalue weighted by Gasteiger charge is -2.19. The maximum atomic E-state index is 13.1. The van der Waals surface area contributed by atoms with Crippen molar-refractivity contribution in [1.29, 1.82) is 0 Å². The van der Waals surface area contributed by atoms with Crippen LogP contribution in [0.4, 0.5) is 10.1 Å². The highest BCUT2D eigenvalue weighted by molar-refractivity contribution is 5.99. The molecule has 1 aromatic carbocycles. The van der Waals surface area contributed by atoms with Gasteiger partial charge in [0, 0.05) is 11.3 Å². The van der Waals surface area contributed by atoms with Crippen molar-refractivity contribution in [3.05, 3.63) is 29.6 Å². The van der Waals surface area contributed by atoms with Gasteiger partial charge in [-0.25, -0.2) is 4.39 Å². The second-order valence-electron chi connectivity index (χ2n) is 3.87. The number of rotatable bonds is 5. The van der Waals surface area contributed by atoms with Gasteiger partial charge in [-0.15, -0.1) is 0 Å². The van der Waals surface area contributed by atoms with Gasteiger partial charge >= 0.3 is 0 Å². The van der Waals surface area contributed by atoms with Gasteiger partial charge in [0.25, 0.3) is 5.91 Å². The van der Waals surface area contributed by atoms with E-state index in [-0.39, 0.29) is 11.3 Å². The fraction of sp³-hybridized carbons (Fsp3) is 0.182. The number of halogens is 1. The molecule has 0 heterocycles. The zero-order valence-electron chi connectivity index (χ0n) is 9.93. The molecule has 0 spiro atoms. The summed E-state index contributed by atoms with van der Waals surface area (Å²) in [6.07, 6.45) is 0. The zero-order chi connectivity index (χ0) is 14.6. The molecular formula is C11H13FN4O3. The van der Waals surface area contributed by atoms with Crippen LogP contribution in [-0.2, 0) is 9.59 Å². The van der Waals surface area contributed by atoms with Crippen molar-refractivity contribution in [1.82, 2.24) is 4.90 Å². The maximum Gasteiger partial charge on any atom is 0.254 e. The van der Waals surface area contributed by atoms with Crippen LogP contribution < -0.4 is 17.2 Å². The minimum absolute atomic E-state index is 0.0430. The summed E-state index contributed by atoms with van der Waals surface area (Å²) in [5.74, 6) is -3.11. The van der Waals surface area contributed by atoms with Crippen molar-refractivity contribution in [3.63, 3.8) is 0 Å². The Hall–Kier alpha value is -2.64. The first-order valence-corrected chi connectivity index (χ1v) is 5.21. The van der Waals surface area contributed by atoms with Crippen LogP contribution in [0.25, 0.3) is 0 Å². The molecule has 3 amide bonds. The highest BCUT2D eigenvalue weighted by Crippen LogP contribution is 2.13. The minimum atomic E-state index is -0.820. The SMILES string of the molecule is NC(=O)CN(CC(N)=O)C(=O)c1cc(N)cc(F)c1. The van der Waals surface area contributed by atoms with Gasteiger partial charge in [0.15, 0.2) is 0 Å². The van der Waals surface area contributed by atoms with E-state index in [1.54, 1.807) is 0 Å². The smallest absolute Gasteiger partial charge is 0.254 e. The summed E-state index contributed by atoms with van der Waals surface area (Å²) >= 11 is 0. The molecule has 6 N–H and O–H groups in total. The van der Waals surface area contributed by atoms with Crippen LogP contribution in [0.15, 0.2) is 18.2 Å². The van der Waals surface area contributed by atoms with Gasteiger partial charge in [0.1, 0.15) is 18.9 Å². The Morgan fingerprint density at radius 1 is 1.05 bits per heavy atom. The van der Waals surface area contributed by atoms with Crippen molar-refractivity contribution >= 4 is 23.4 Å². The van der Waals surface area contributed by atoms with Crippen LogP contribution in [-0.4, -0.2) is 35.7 Å². The molecule has 0 saturated carbocycles. The normalized spacial score (nSPS) is 9.95. The third kappa shape index (κ3) is 4.26. The summed E-state index contributed by atoms with van der Waals surface area (Å²) in [5, 5.41) is 0. The van der Waals surface area contributed by atoms with E-state index in [0.717, 1.165) is 17.0 Å². The first kappa shape index (κ1) is 14.4. The number of nitrogen functional groups attached to an aromatic ring is 1. The lowest BCUT2D eigenvalue weighted by Crippen LogP contribution is -2.43. The highest BCUT2D eigenvalue weighted by atomic mass is 19.1. The summed E-state index contributed by atoms with van der Waals surface area (Å²) < 4.78 is 13.1. The Bertz CT molecular complexity index is 496.